The largest absolute Gasteiger partial charge is 0.508 e. The van der Waals surface area contributed by atoms with Gasteiger partial charge in [-0.2, -0.15) is 10.2 Å². The Bertz CT molecular complexity index is 1160. The molecule has 0 spiro atoms. The molecule has 1 N–H and O–H groups in total. The number of phenols is 1. The predicted molar refractivity (Wildman–Crippen MR) is 114 cm³/mol. The maximum absolute atomic E-state index is 13.9. The van der Waals surface area contributed by atoms with Gasteiger partial charge in [-0.1, -0.05) is 13.0 Å². The number of halogens is 5. The van der Waals surface area contributed by atoms with Gasteiger partial charge in [0.15, 0.2) is 23.3 Å². The normalized spacial score (nSPS) is 29.9. The summed E-state index contributed by atoms with van der Waals surface area (Å²) in [7, 11) is 0. The first-order valence-electron chi connectivity index (χ1n) is 11.2. The van der Waals surface area contributed by atoms with E-state index in [2.05, 4.69) is 17.1 Å². The molecule has 0 bridgehead atoms. The number of phenolic OH excluding ortho intramolecular Hbond substituents is 1. The third-order valence-electron chi connectivity index (χ3n) is 8.06. The molecule has 33 heavy (non-hydrogen) atoms. The molecule has 3 nitrogen and oxygen atoms in total. The predicted octanol–water partition coefficient (Wildman–Crippen LogP) is 6.42. The van der Waals surface area contributed by atoms with Crippen LogP contribution in [0.2, 0.25) is 0 Å². The molecule has 2 aromatic rings. The van der Waals surface area contributed by atoms with E-state index in [1.54, 1.807) is 6.07 Å². The molecule has 0 radical (unpaired) electrons. The van der Waals surface area contributed by atoms with Crippen molar-refractivity contribution in [3.05, 3.63) is 64.0 Å². The fourth-order valence-electron chi connectivity index (χ4n) is 6.41. The third kappa shape index (κ3) is 3.37. The highest BCUT2D eigenvalue weighted by atomic mass is 19.2. The minimum Gasteiger partial charge on any atom is -0.508 e. The fraction of sp³-hybridized carbons (Fsp3) is 0.440. The molecule has 0 saturated heterocycles. The Labute approximate surface area is 188 Å². The summed E-state index contributed by atoms with van der Waals surface area (Å²) >= 11 is 0. The molecule has 4 atom stereocenters. The van der Waals surface area contributed by atoms with Crippen LogP contribution in [0.15, 0.2) is 28.4 Å². The highest BCUT2D eigenvalue weighted by Crippen LogP contribution is 2.60. The van der Waals surface area contributed by atoms with Crippen LogP contribution in [0.1, 0.15) is 61.6 Å². The van der Waals surface area contributed by atoms with Crippen molar-refractivity contribution in [2.75, 3.05) is 0 Å². The van der Waals surface area contributed by atoms with Crippen molar-refractivity contribution >= 4 is 11.9 Å². The summed E-state index contributed by atoms with van der Waals surface area (Å²) < 4.78 is 67.9. The molecule has 2 aromatic carbocycles. The van der Waals surface area contributed by atoms with Crippen molar-refractivity contribution in [2.24, 2.45) is 27.5 Å². The van der Waals surface area contributed by atoms with Gasteiger partial charge in [0.1, 0.15) is 5.75 Å². The number of hydrogen-bond acceptors (Lipinski definition) is 3. The Kier molecular flexibility index (Phi) is 5.29. The number of fused-ring (bicyclic) bond motifs is 5. The van der Waals surface area contributed by atoms with Gasteiger partial charge in [0, 0.05) is 11.1 Å². The maximum atomic E-state index is 13.9. The van der Waals surface area contributed by atoms with Gasteiger partial charge < -0.3 is 5.11 Å². The van der Waals surface area contributed by atoms with Gasteiger partial charge >= 0.3 is 0 Å². The van der Waals surface area contributed by atoms with Crippen LogP contribution in [0, 0.1) is 46.3 Å². The standard InChI is InChI=1S/C25H23F5N2O/c1-25-9-8-15-14-5-3-13(33)10-12(14)2-4-16(15)18(25)6-7-19(25)32-31-11-17-20(26)22(28)24(30)23(29)21(17)27/h3,5,10-11,15-16,18,33H,2,4,6-9H2,1H3/b31-11-,32-19-/t15-,16+,18+,25-/m1/s1. The Balaban J connectivity index is 1.41. The van der Waals surface area contributed by atoms with E-state index in [9.17, 15) is 27.1 Å². The molecular formula is C25H23F5N2O. The lowest BCUT2D eigenvalue weighted by molar-refractivity contribution is 0.0955. The molecule has 0 unspecified atom stereocenters. The molecule has 0 amide bonds. The van der Waals surface area contributed by atoms with Crippen LogP contribution < -0.4 is 0 Å². The topological polar surface area (TPSA) is 45.0 Å². The first-order valence-corrected chi connectivity index (χ1v) is 11.2. The number of aryl methyl sites for hydroxylation is 1. The Morgan fingerprint density at radius 2 is 1.64 bits per heavy atom. The summed E-state index contributed by atoms with van der Waals surface area (Å²) in [6, 6.07) is 5.63. The summed E-state index contributed by atoms with van der Waals surface area (Å²) in [4.78, 5) is 0. The summed E-state index contributed by atoms with van der Waals surface area (Å²) in [5.74, 6) is -8.48. The molecule has 8 heteroatoms. The van der Waals surface area contributed by atoms with Gasteiger partial charge in [-0.3, -0.25) is 0 Å². The van der Waals surface area contributed by atoms with Crippen LogP contribution in [0.3, 0.4) is 0 Å². The molecular weight excluding hydrogens is 439 g/mol. The summed E-state index contributed by atoms with van der Waals surface area (Å²) in [6.07, 6.45) is 5.95. The second kappa shape index (κ2) is 7.92. The zero-order valence-electron chi connectivity index (χ0n) is 18.0. The van der Waals surface area contributed by atoms with Crippen molar-refractivity contribution < 1.29 is 27.1 Å². The SMILES string of the molecule is C[C@@]12CC[C@@H]3c4ccc(O)cc4CC[C@@H]3[C@@H]1CC/C2=N/N=C\c1c(F)c(F)c(F)c(F)c1F. The minimum atomic E-state index is -2.19. The fourth-order valence-corrected chi connectivity index (χ4v) is 6.41. The van der Waals surface area contributed by atoms with E-state index in [-0.39, 0.29) is 11.2 Å². The second-order valence-electron chi connectivity index (χ2n) is 9.57. The third-order valence-corrected chi connectivity index (χ3v) is 8.06. The van der Waals surface area contributed by atoms with E-state index in [4.69, 9.17) is 0 Å². The number of aromatic hydroxyl groups is 1. The first kappa shape index (κ1) is 22.0. The van der Waals surface area contributed by atoms with Crippen LogP contribution in [0.5, 0.6) is 5.75 Å². The number of rotatable bonds is 2. The Hall–Kier alpha value is -2.77. The zero-order valence-corrected chi connectivity index (χ0v) is 18.0. The smallest absolute Gasteiger partial charge is 0.200 e. The minimum absolute atomic E-state index is 0.219. The van der Waals surface area contributed by atoms with Gasteiger partial charge in [-0.05, 0) is 79.5 Å². The van der Waals surface area contributed by atoms with E-state index in [1.807, 2.05) is 12.1 Å². The first-order chi connectivity index (χ1) is 15.7. The number of nitrogens with zero attached hydrogens (tertiary/aromatic N) is 2. The summed E-state index contributed by atoms with van der Waals surface area (Å²) in [5, 5.41) is 17.8. The van der Waals surface area contributed by atoms with Crippen LogP contribution in [0.25, 0.3) is 0 Å². The van der Waals surface area contributed by atoms with Crippen LogP contribution in [0.4, 0.5) is 22.0 Å². The molecule has 0 heterocycles. The lowest BCUT2D eigenvalue weighted by atomic mass is 9.55. The van der Waals surface area contributed by atoms with Gasteiger partial charge in [0.05, 0.1) is 11.8 Å². The molecule has 5 rings (SSSR count). The van der Waals surface area contributed by atoms with E-state index >= 15 is 0 Å². The van der Waals surface area contributed by atoms with Gasteiger partial charge in [-0.25, -0.2) is 22.0 Å². The number of benzene rings is 2. The molecule has 0 aliphatic heterocycles. The lowest BCUT2D eigenvalue weighted by Crippen LogP contribution is -2.42. The zero-order chi connectivity index (χ0) is 23.5. The van der Waals surface area contributed by atoms with Crippen molar-refractivity contribution in [1.29, 1.82) is 0 Å². The van der Waals surface area contributed by atoms with Crippen LogP contribution >= 0.6 is 0 Å². The average Bonchev–Trinajstić information content (AvgIpc) is 3.14. The second-order valence-corrected chi connectivity index (χ2v) is 9.57. The molecule has 2 saturated carbocycles. The summed E-state index contributed by atoms with van der Waals surface area (Å²) in [5.41, 5.74) is 2.01. The molecule has 0 aromatic heterocycles. The Morgan fingerprint density at radius 3 is 2.36 bits per heavy atom. The van der Waals surface area contributed by atoms with Crippen LogP contribution in [-0.2, 0) is 6.42 Å². The highest BCUT2D eigenvalue weighted by molar-refractivity contribution is 5.93. The Morgan fingerprint density at radius 1 is 0.939 bits per heavy atom. The van der Waals surface area contributed by atoms with E-state index < -0.39 is 34.6 Å². The number of hydrogen-bond donors (Lipinski definition) is 1. The molecule has 3 aliphatic rings. The van der Waals surface area contributed by atoms with Gasteiger partial charge in [-0.15, -0.1) is 0 Å². The van der Waals surface area contributed by atoms with Crippen molar-refractivity contribution in [2.45, 2.75) is 51.4 Å². The summed E-state index contributed by atoms with van der Waals surface area (Å²) in [6.45, 7) is 2.14. The molecule has 174 valence electrons. The molecule has 2 fully saturated rings. The van der Waals surface area contributed by atoms with Gasteiger partial charge in [0.25, 0.3) is 0 Å². The van der Waals surface area contributed by atoms with Crippen molar-refractivity contribution in [1.82, 2.24) is 0 Å². The average molecular weight is 462 g/mol. The quantitative estimate of drug-likeness (QED) is 0.181. The molecule has 3 aliphatic carbocycles. The lowest BCUT2D eigenvalue weighted by Gasteiger charge is -2.49. The van der Waals surface area contributed by atoms with E-state index in [0.29, 0.717) is 30.4 Å². The van der Waals surface area contributed by atoms with E-state index in [0.717, 1.165) is 37.8 Å². The van der Waals surface area contributed by atoms with Crippen molar-refractivity contribution in [3.8, 4) is 5.75 Å². The monoisotopic (exact) mass is 462 g/mol. The maximum Gasteiger partial charge on any atom is 0.200 e. The van der Waals surface area contributed by atoms with Crippen LogP contribution in [-0.4, -0.2) is 17.0 Å². The highest BCUT2D eigenvalue weighted by Gasteiger charge is 2.53. The van der Waals surface area contributed by atoms with E-state index in [1.165, 1.54) is 11.1 Å². The van der Waals surface area contributed by atoms with Gasteiger partial charge in [0.2, 0.25) is 5.82 Å². The van der Waals surface area contributed by atoms with Crippen molar-refractivity contribution in [3.63, 3.8) is 0 Å².